The number of hydrogen-bond acceptors (Lipinski definition) is 3. The van der Waals surface area contributed by atoms with Crippen molar-refractivity contribution >= 4 is 5.69 Å². The molecular weight excluding hydrogens is 178 g/mol. The fourth-order valence-electron chi connectivity index (χ4n) is 1.36. The average Bonchev–Trinajstić information content (AvgIpc) is 2.49. The van der Waals surface area contributed by atoms with Gasteiger partial charge in [0.2, 0.25) is 0 Å². The Morgan fingerprint density at radius 2 is 2.29 bits per heavy atom. The van der Waals surface area contributed by atoms with Crippen molar-refractivity contribution in [3.8, 4) is 0 Å². The zero-order valence-electron chi connectivity index (χ0n) is 9.04. The lowest BCUT2D eigenvalue weighted by molar-refractivity contribution is 0.132. The Kier molecular flexibility index (Phi) is 3.52. The molecule has 80 valence electrons. The molecule has 0 saturated heterocycles. The van der Waals surface area contributed by atoms with E-state index >= 15 is 0 Å². The predicted octanol–water partition coefficient (Wildman–Crippen LogP) is 1.62. The van der Waals surface area contributed by atoms with E-state index in [1.165, 1.54) is 0 Å². The van der Waals surface area contributed by atoms with Gasteiger partial charge in [-0.15, -0.1) is 0 Å². The fraction of sp³-hybridized carbons (Fsp3) is 0.700. The third-order valence-electron chi connectivity index (χ3n) is 1.89. The van der Waals surface area contributed by atoms with Crippen molar-refractivity contribution in [3.63, 3.8) is 0 Å². The maximum absolute atomic E-state index is 9.69. The summed E-state index contributed by atoms with van der Waals surface area (Å²) in [6.07, 6.45) is 3.94. The molecule has 1 heterocycles. The van der Waals surface area contributed by atoms with Gasteiger partial charge in [-0.2, -0.15) is 5.10 Å². The molecule has 4 heteroatoms. The molecule has 1 aromatic heterocycles. The summed E-state index contributed by atoms with van der Waals surface area (Å²) in [5.74, 6) is 0. The molecule has 0 aliphatic carbocycles. The van der Waals surface area contributed by atoms with Crippen molar-refractivity contribution < 1.29 is 5.11 Å². The van der Waals surface area contributed by atoms with Crippen LogP contribution in [-0.4, -0.2) is 28.0 Å². The van der Waals surface area contributed by atoms with Crippen molar-refractivity contribution in [2.75, 3.05) is 11.9 Å². The van der Waals surface area contributed by atoms with Gasteiger partial charge >= 0.3 is 0 Å². The second-order valence-electron chi connectivity index (χ2n) is 4.79. The molecule has 0 bridgehead atoms. The van der Waals surface area contributed by atoms with Crippen LogP contribution in [0.25, 0.3) is 0 Å². The van der Waals surface area contributed by atoms with E-state index in [-0.39, 0.29) is 11.5 Å². The van der Waals surface area contributed by atoms with Crippen LogP contribution in [0.4, 0.5) is 5.69 Å². The van der Waals surface area contributed by atoms with Gasteiger partial charge in [0.25, 0.3) is 0 Å². The molecule has 1 rings (SSSR count). The van der Waals surface area contributed by atoms with E-state index in [2.05, 4.69) is 36.3 Å². The SMILES string of the molecule is CC(C)(C)CC(O)CNc1cn[nH]c1. The Hall–Kier alpha value is -1.03. The van der Waals surface area contributed by atoms with Crippen LogP contribution in [0.3, 0.4) is 0 Å². The van der Waals surface area contributed by atoms with Gasteiger partial charge in [-0.05, 0) is 11.8 Å². The van der Waals surface area contributed by atoms with E-state index in [4.69, 9.17) is 0 Å². The molecule has 1 atom stereocenters. The quantitative estimate of drug-likeness (QED) is 0.687. The van der Waals surface area contributed by atoms with E-state index < -0.39 is 0 Å². The number of nitrogens with zero attached hydrogens (tertiary/aromatic N) is 1. The predicted molar refractivity (Wildman–Crippen MR) is 57.2 cm³/mol. The number of aliphatic hydroxyl groups excluding tert-OH is 1. The number of H-pyrrole nitrogens is 1. The molecule has 0 fully saturated rings. The molecule has 0 saturated carbocycles. The summed E-state index contributed by atoms with van der Waals surface area (Å²) < 4.78 is 0. The molecule has 0 aliphatic heterocycles. The second kappa shape index (κ2) is 4.46. The Balaban J connectivity index is 2.25. The molecule has 4 nitrogen and oxygen atoms in total. The van der Waals surface area contributed by atoms with Gasteiger partial charge in [-0.25, -0.2) is 0 Å². The Morgan fingerprint density at radius 3 is 2.79 bits per heavy atom. The topological polar surface area (TPSA) is 60.9 Å². The fourth-order valence-corrected chi connectivity index (χ4v) is 1.36. The molecule has 1 aromatic rings. The van der Waals surface area contributed by atoms with E-state index in [0.29, 0.717) is 6.54 Å². The van der Waals surface area contributed by atoms with Crippen LogP contribution in [0.5, 0.6) is 0 Å². The molecule has 0 radical (unpaired) electrons. The van der Waals surface area contributed by atoms with Gasteiger partial charge < -0.3 is 10.4 Å². The van der Waals surface area contributed by atoms with Crippen LogP contribution < -0.4 is 5.32 Å². The largest absolute Gasteiger partial charge is 0.391 e. The summed E-state index contributed by atoms with van der Waals surface area (Å²) >= 11 is 0. The van der Waals surface area contributed by atoms with E-state index in [1.54, 1.807) is 12.4 Å². The second-order valence-corrected chi connectivity index (χ2v) is 4.79. The molecular formula is C10H19N3O. The number of nitrogens with one attached hydrogen (secondary N) is 2. The zero-order valence-corrected chi connectivity index (χ0v) is 9.04. The first-order valence-electron chi connectivity index (χ1n) is 4.88. The van der Waals surface area contributed by atoms with Crippen molar-refractivity contribution in [2.45, 2.75) is 33.3 Å². The summed E-state index contributed by atoms with van der Waals surface area (Å²) in [7, 11) is 0. The smallest absolute Gasteiger partial charge is 0.0724 e. The lowest BCUT2D eigenvalue weighted by Crippen LogP contribution is -2.24. The minimum absolute atomic E-state index is 0.164. The summed E-state index contributed by atoms with van der Waals surface area (Å²) in [5.41, 5.74) is 1.08. The summed E-state index contributed by atoms with van der Waals surface area (Å²) in [5, 5.41) is 19.3. The van der Waals surface area contributed by atoms with Gasteiger partial charge in [0, 0.05) is 12.7 Å². The van der Waals surface area contributed by atoms with Crippen LogP contribution in [-0.2, 0) is 0 Å². The zero-order chi connectivity index (χ0) is 10.6. The Labute approximate surface area is 84.7 Å². The molecule has 0 amide bonds. The van der Waals surface area contributed by atoms with Gasteiger partial charge in [0.05, 0.1) is 18.0 Å². The Bertz CT molecular complexity index is 251. The van der Waals surface area contributed by atoms with Gasteiger partial charge in [-0.1, -0.05) is 20.8 Å². The number of anilines is 1. The highest BCUT2D eigenvalue weighted by Gasteiger charge is 2.16. The monoisotopic (exact) mass is 197 g/mol. The summed E-state index contributed by atoms with van der Waals surface area (Å²) in [6, 6.07) is 0. The number of aliphatic hydroxyl groups is 1. The average molecular weight is 197 g/mol. The van der Waals surface area contributed by atoms with Crippen LogP contribution in [0.15, 0.2) is 12.4 Å². The molecule has 0 aliphatic rings. The van der Waals surface area contributed by atoms with Gasteiger partial charge in [-0.3, -0.25) is 5.10 Å². The van der Waals surface area contributed by atoms with Gasteiger partial charge in [0.1, 0.15) is 0 Å². The summed E-state index contributed by atoms with van der Waals surface area (Å²) in [4.78, 5) is 0. The first kappa shape index (κ1) is 11.0. The van der Waals surface area contributed by atoms with Crippen molar-refractivity contribution in [1.29, 1.82) is 0 Å². The van der Waals surface area contributed by atoms with E-state index in [0.717, 1.165) is 12.1 Å². The van der Waals surface area contributed by atoms with E-state index in [1.807, 2.05) is 0 Å². The lowest BCUT2D eigenvalue weighted by atomic mass is 9.89. The molecule has 0 aromatic carbocycles. The van der Waals surface area contributed by atoms with Crippen molar-refractivity contribution in [2.24, 2.45) is 5.41 Å². The first-order valence-corrected chi connectivity index (χ1v) is 4.88. The number of hydrogen-bond donors (Lipinski definition) is 3. The third kappa shape index (κ3) is 4.28. The highest BCUT2D eigenvalue weighted by molar-refractivity contribution is 5.37. The highest BCUT2D eigenvalue weighted by Crippen LogP contribution is 2.20. The summed E-state index contributed by atoms with van der Waals surface area (Å²) in [6.45, 7) is 6.92. The Morgan fingerprint density at radius 1 is 1.57 bits per heavy atom. The maximum atomic E-state index is 9.69. The van der Waals surface area contributed by atoms with Crippen LogP contribution in [0.1, 0.15) is 27.2 Å². The molecule has 0 spiro atoms. The third-order valence-corrected chi connectivity index (χ3v) is 1.89. The van der Waals surface area contributed by atoms with Gasteiger partial charge in [0.15, 0.2) is 0 Å². The first-order chi connectivity index (χ1) is 6.47. The number of rotatable bonds is 4. The van der Waals surface area contributed by atoms with Crippen LogP contribution in [0, 0.1) is 5.41 Å². The number of aromatic amines is 1. The minimum Gasteiger partial charge on any atom is -0.391 e. The molecule has 3 N–H and O–H groups in total. The maximum Gasteiger partial charge on any atom is 0.0724 e. The highest BCUT2D eigenvalue weighted by atomic mass is 16.3. The minimum atomic E-state index is -0.315. The molecule has 1 unspecified atom stereocenters. The molecule has 14 heavy (non-hydrogen) atoms. The van der Waals surface area contributed by atoms with Crippen LogP contribution >= 0.6 is 0 Å². The normalized spacial score (nSPS) is 14.0. The van der Waals surface area contributed by atoms with E-state index in [9.17, 15) is 5.11 Å². The van der Waals surface area contributed by atoms with Crippen molar-refractivity contribution in [3.05, 3.63) is 12.4 Å². The standard InChI is InChI=1S/C10H19N3O/c1-10(2,3)4-9(14)7-11-8-5-12-13-6-8/h5-6,9,11,14H,4,7H2,1-3H3,(H,12,13). The number of aromatic nitrogens is 2. The van der Waals surface area contributed by atoms with Crippen LogP contribution in [0.2, 0.25) is 0 Å². The van der Waals surface area contributed by atoms with Crippen molar-refractivity contribution in [1.82, 2.24) is 10.2 Å². The lowest BCUT2D eigenvalue weighted by Gasteiger charge is -2.22.